The van der Waals surface area contributed by atoms with Crippen molar-refractivity contribution in [2.24, 2.45) is 0 Å². The van der Waals surface area contributed by atoms with Gasteiger partial charge in [0.1, 0.15) is 17.4 Å². The van der Waals surface area contributed by atoms with Crippen LogP contribution in [0.5, 0.6) is 0 Å². The van der Waals surface area contributed by atoms with Crippen LogP contribution >= 0.6 is 0 Å². The molecule has 3 aromatic heterocycles. The average Bonchev–Trinajstić information content (AvgIpc) is 3.03. The number of aryl methyl sites for hydroxylation is 1. The van der Waals surface area contributed by atoms with Crippen LogP contribution in [0.1, 0.15) is 27.2 Å². The molecule has 46 heavy (non-hydrogen) atoms. The minimum absolute atomic E-state index is 0.0291. The molecule has 1 amide bonds. The lowest BCUT2D eigenvalue weighted by atomic mass is 10.1. The van der Waals surface area contributed by atoms with Crippen molar-refractivity contribution < 1.29 is 18.0 Å². The zero-order valence-corrected chi connectivity index (χ0v) is 25.7. The number of carbonyl (C=O) groups excluding carboxylic acids is 1. The number of amides is 1. The Morgan fingerprint density at radius 1 is 0.935 bits per heavy atom. The van der Waals surface area contributed by atoms with E-state index in [0.29, 0.717) is 48.1 Å². The Morgan fingerprint density at radius 3 is 2.50 bits per heavy atom. The van der Waals surface area contributed by atoms with E-state index in [0.717, 1.165) is 17.3 Å². The van der Waals surface area contributed by atoms with Gasteiger partial charge < -0.3 is 25.8 Å². The van der Waals surface area contributed by atoms with Gasteiger partial charge in [-0.15, -0.1) is 0 Å². The third kappa shape index (κ3) is 7.82. The van der Waals surface area contributed by atoms with Crippen LogP contribution in [0.15, 0.2) is 73.3 Å². The van der Waals surface area contributed by atoms with Gasteiger partial charge in [-0.1, -0.05) is 12.1 Å². The SMILES string of the molecule is Cc1ccc(C(=O)Nc2ccc(N(C)CCN(C)C)c(C(F)(F)F)c2)cc1Nc1ncnc2cnc(NCc3ccccn3)nc12. The molecule has 11 nitrogen and oxygen atoms in total. The van der Waals surface area contributed by atoms with Crippen LogP contribution < -0.4 is 20.9 Å². The number of halogens is 3. The molecule has 0 aliphatic heterocycles. The summed E-state index contributed by atoms with van der Waals surface area (Å²) >= 11 is 0. The number of benzene rings is 2. The molecule has 14 heteroatoms. The predicted octanol–water partition coefficient (Wildman–Crippen LogP) is 5.75. The van der Waals surface area contributed by atoms with Gasteiger partial charge in [-0.2, -0.15) is 13.2 Å². The zero-order valence-electron chi connectivity index (χ0n) is 25.7. The molecular formula is C32H33F3N10O. The predicted molar refractivity (Wildman–Crippen MR) is 172 cm³/mol. The number of nitrogens with one attached hydrogen (secondary N) is 3. The fourth-order valence-electron chi connectivity index (χ4n) is 4.58. The van der Waals surface area contributed by atoms with Crippen LogP contribution in [0.3, 0.4) is 0 Å². The van der Waals surface area contributed by atoms with Crippen LogP contribution in [0.2, 0.25) is 0 Å². The maximum atomic E-state index is 14.0. The van der Waals surface area contributed by atoms with E-state index in [4.69, 9.17) is 0 Å². The molecule has 0 bridgehead atoms. The summed E-state index contributed by atoms with van der Waals surface area (Å²) in [6.07, 6.45) is 0.0442. The summed E-state index contributed by atoms with van der Waals surface area (Å²) in [4.78, 5) is 38.5. The van der Waals surface area contributed by atoms with Gasteiger partial charge >= 0.3 is 6.18 Å². The summed E-state index contributed by atoms with van der Waals surface area (Å²) in [6.45, 7) is 3.25. The summed E-state index contributed by atoms with van der Waals surface area (Å²) in [6, 6.07) is 14.3. The van der Waals surface area contributed by atoms with Crippen molar-refractivity contribution in [3.8, 4) is 0 Å². The molecule has 0 aliphatic rings. The highest BCUT2D eigenvalue weighted by molar-refractivity contribution is 6.05. The molecule has 0 radical (unpaired) electrons. The van der Waals surface area contributed by atoms with Gasteiger partial charge in [0, 0.05) is 49.0 Å². The number of hydrogen-bond donors (Lipinski definition) is 3. The number of pyridine rings is 1. The van der Waals surface area contributed by atoms with E-state index in [1.165, 1.54) is 18.5 Å². The second kappa shape index (κ2) is 13.7. The van der Waals surface area contributed by atoms with Gasteiger partial charge in [0.25, 0.3) is 5.91 Å². The summed E-state index contributed by atoms with van der Waals surface area (Å²) in [5.74, 6) is 0.174. The van der Waals surface area contributed by atoms with Crippen molar-refractivity contribution in [3.63, 3.8) is 0 Å². The number of alkyl halides is 3. The highest BCUT2D eigenvalue weighted by Crippen LogP contribution is 2.38. The van der Waals surface area contributed by atoms with E-state index in [-0.39, 0.29) is 16.9 Å². The molecular weight excluding hydrogens is 597 g/mol. The number of carbonyl (C=O) groups is 1. The molecule has 0 atom stereocenters. The number of likely N-dealkylation sites (N-methyl/N-ethyl adjacent to an activating group) is 2. The Bertz CT molecular complexity index is 1830. The van der Waals surface area contributed by atoms with Gasteiger partial charge in [0.2, 0.25) is 5.95 Å². The van der Waals surface area contributed by atoms with Crippen LogP contribution in [0, 0.1) is 6.92 Å². The van der Waals surface area contributed by atoms with Crippen molar-refractivity contribution in [1.82, 2.24) is 29.8 Å². The molecule has 0 saturated heterocycles. The molecule has 5 aromatic rings. The van der Waals surface area contributed by atoms with Gasteiger partial charge in [-0.05, 0) is 69.0 Å². The lowest BCUT2D eigenvalue weighted by Gasteiger charge is -2.25. The standard InChI is InChI=1S/C32H33F3N10O/c1-20-8-9-21(30(46)41-22-10-11-27(24(16-22)32(33,34)35)45(4)14-13-44(2)3)15-25(20)42-29-28-26(39-19-40-29)18-38-31(43-28)37-17-23-7-5-6-12-36-23/h5-12,15-16,18-19H,13-14,17H2,1-4H3,(H,41,46)(H,37,38,43)(H,39,40,42). The summed E-state index contributed by atoms with van der Waals surface area (Å²) in [7, 11) is 5.32. The van der Waals surface area contributed by atoms with Crippen molar-refractivity contribution in [2.45, 2.75) is 19.6 Å². The maximum Gasteiger partial charge on any atom is 0.418 e. The maximum absolute atomic E-state index is 14.0. The first-order valence-corrected chi connectivity index (χ1v) is 14.4. The molecule has 2 aromatic carbocycles. The fraction of sp³-hybridized carbons (Fsp3) is 0.250. The average molecular weight is 631 g/mol. The topological polar surface area (TPSA) is 124 Å². The number of hydrogen-bond acceptors (Lipinski definition) is 10. The van der Waals surface area contributed by atoms with Gasteiger partial charge in [0.05, 0.1) is 24.0 Å². The second-order valence-corrected chi connectivity index (χ2v) is 10.9. The van der Waals surface area contributed by atoms with Crippen molar-refractivity contribution >= 4 is 45.8 Å². The quantitative estimate of drug-likeness (QED) is 0.166. The highest BCUT2D eigenvalue weighted by Gasteiger charge is 2.35. The first-order valence-electron chi connectivity index (χ1n) is 14.4. The second-order valence-electron chi connectivity index (χ2n) is 10.9. The number of rotatable bonds is 11. The lowest BCUT2D eigenvalue weighted by Crippen LogP contribution is -2.30. The molecule has 0 spiro atoms. The minimum atomic E-state index is -4.61. The van der Waals surface area contributed by atoms with E-state index in [1.807, 2.05) is 44.1 Å². The highest BCUT2D eigenvalue weighted by atomic mass is 19.4. The van der Waals surface area contributed by atoms with E-state index in [1.54, 1.807) is 42.5 Å². The van der Waals surface area contributed by atoms with Crippen LogP contribution in [0.4, 0.5) is 42.0 Å². The van der Waals surface area contributed by atoms with E-state index >= 15 is 0 Å². The number of anilines is 5. The molecule has 3 heterocycles. The molecule has 0 saturated carbocycles. The van der Waals surface area contributed by atoms with Gasteiger partial charge in [0.15, 0.2) is 5.82 Å². The largest absolute Gasteiger partial charge is 0.418 e. The first kappa shape index (κ1) is 32.0. The Balaban J connectivity index is 1.35. The van der Waals surface area contributed by atoms with Crippen molar-refractivity contribution in [2.75, 3.05) is 55.1 Å². The van der Waals surface area contributed by atoms with Crippen molar-refractivity contribution in [1.29, 1.82) is 0 Å². The molecule has 0 fully saturated rings. The molecule has 0 aliphatic carbocycles. The lowest BCUT2D eigenvalue weighted by molar-refractivity contribution is -0.137. The molecule has 0 unspecified atom stereocenters. The minimum Gasteiger partial charge on any atom is -0.373 e. The number of fused-ring (bicyclic) bond motifs is 1. The van der Waals surface area contributed by atoms with Crippen molar-refractivity contribution in [3.05, 3.63) is 95.7 Å². The summed E-state index contributed by atoms with van der Waals surface area (Å²) in [5, 5.41) is 8.97. The Hall–Kier alpha value is -5.37. The smallest absolute Gasteiger partial charge is 0.373 e. The Labute approximate surface area is 263 Å². The van der Waals surface area contributed by atoms with Crippen LogP contribution in [0.25, 0.3) is 11.0 Å². The van der Waals surface area contributed by atoms with E-state index in [9.17, 15) is 18.0 Å². The molecule has 5 rings (SSSR count). The Morgan fingerprint density at radius 2 is 1.76 bits per heavy atom. The number of nitrogens with zero attached hydrogens (tertiary/aromatic N) is 7. The fourth-order valence-corrected chi connectivity index (χ4v) is 4.58. The summed E-state index contributed by atoms with van der Waals surface area (Å²) < 4.78 is 42.1. The van der Waals surface area contributed by atoms with E-state index < -0.39 is 17.6 Å². The third-order valence-electron chi connectivity index (χ3n) is 7.14. The monoisotopic (exact) mass is 630 g/mol. The molecule has 3 N–H and O–H groups in total. The van der Waals surface area contributed by atoms with Crippen LogP contribution in [-0.4, -0.2) is 70.0 Å². The third-order valence-corrected chi connectivity index (χ3v) is 7.14. The summed E-state index contributed by atoms with van der Waals surface area (Å²) in [5.41, 5.74) is 2.60. The zero-order chi connectivity index (χ0) is 32.8. The Kier molecular flexibility index (Phi) is 9.56. The van der Waals surface area contributed by atoms with E-state index in [2.05, 4.69) is 40.9 Å². The molecule has 238 valence electrons. The van der Waals surface area contributed by atoms with Gasteiger partial charge in [-0.25, -0.2) is 19.9 Å². The normalized spacial score (nSPS) is 11.5. The van der Waals surface area contributed by atoms with Crippen LogP contribution in [-0.2, 0) is 12.7 Å². The number of aromatic nitrogens is 5. The van der Waals surface area contributed by atoms with Gasteiger partial charge in [-0.3, -0.25) is 9.78 Å². The first-order chi connectivity index (χ1) is 22.0.